The lowest BCUT2D eigenvalue weighted by Gasteiger charge is -2.43. The van der Waals surface area contributed by atoms with Crippen molar-refractivity contribution in [1.82, 2.24) is 9.55 Å². The van der Waals surface area contributed by atoms with Gasteiger partial charge in [0.15, 0.2) is 0 Å². The summed E-state index contributed by atoms with van der Waals surface area (Å²) in [4.78, 5) is 27.7. The molecule has 196 valence electrons. The Hall–Kier alpha value is -3.79. The van der Waals surface area contributed by atoms with E-state index in [1.807, 2.05) is 41.0 Å². The molecule has 0 bridgehead atoms. The van der Waals surface area contributed by atoms with Crippen molar-refractivity contribution in [2.75, 3.05) is 0 Å². The molecule has 1 fully saturated rings. The van der Waals surface area contributed by atoms with Crippen molar-refractivity contribution < 1.29 is 4.79 Å². The number of aryl methyl sites for hydroxylation is 2. The highest BCUT2D eigenvalue weighted by Crippen LogP contribution is 2.47. The second-order valence-corrected chi connectivity index (χ2v) is 10.2. The Morgan fingerprint density at radius 2 is 1.47 bits per heavy atom. The normalized spacial score (nSPS) is 13.8. The Morgan fingerprint density at radius 1 is 0.921 bits per heavy atom. The van der Waals surface area contributed by atoms with Crippen molar-refractivity contribution in [1.29, 1.82) is 0 Å². The largest absolute Gasteiger partial charge is 0.304 e. The molecule has 0 spiro atoms. The molecule has 1 aliphatic rings. The molecule has 0 atom stereocenters. The van der Waals surface area contributed by atoms with E-state index in [0.29, 0.717) is 0 Å². The van der Waals surface area contributed by atoms with Crippen LogP contribution in [0.3, 0.4) is 0 Å². The number of aldehydes is 1. The molecule has 0 saturated heterocycles. The van der Waals surface area contributed by atoms with Crippen LogP contribution in [0.15, 0.2) is 96.1 Å². The van der Waals surface area contributed by atoms with Gasteiger partial charge in [0, 0.05) is 5.56 Å². The van der Waals surface area contributed by atoms with Gasteiger partial charge in [0.2, 0.25) is 0 Å². The predicted molar refractivity (Wildman–Crippen MR) is 155 cm³/mol. The van der Waals surface area contributed by atoms with E-state index in [1.54, 1.807) is 6.33 Å². The highest BCUT2D eigenvalue weighted by atomic mass is 16.1. The van der Waals surface area contributed by atoms with Gasteiger partial charge in [0.05, 0.1) is 18.1 Å². The first-order valence-electron chi connectivity index (χ1n) is 13.7. The summed E-state index contributed by atoms with van der Waals surface area (Å²) in [5, 5.41) is 0. The third-order valence-corrected chi connectivity index (χ3v) is 7.85. The fourth-order valence-corrected chi connectivity index (χ4v) is 5.62. The molecule has 4 nitrogen and oxygen atoms in total. The Bertz CT molecular complexity index is 1330. The van der Waals surface area contributed by atoms with Crippen LogP contribution in [0.25, 0.3) is 0 Å². The first-order valence-corrected chi connectivity index (χ1v) is 13.7. The highest BCUT2D eigenvalue weighted by molar-refractivity contribution is 5.44. The van der Waals surface area contributed by atoms with Crippen LogP contribution in [0.1, 0.15) is 79.1 Å². The summed E-state index contributed by atoms with van der Waals surface area (Å²) in [7, 11) is 0. The number of nitrogens with zero attached hydrogens (tertiary/aromatic N) is 2. The van der Waals surface area contributed by atoms with Crippen molar-refractivity contribution >= 4 is 6.29 Å². The van der Waals surface area contributed by atoms with Crippen molar-refractivity contribution in [3.63, 3.8) is 0 Å². The second kappa shape index (κ2) is 12.6. The van der Waals surface area contributed by atoms with E-state index >= 15 is 0 Å². The van der Waals surface area contributed by atoms with Crippen LogP contribution in [0, 0.1) is 6.92 Å². The monoisotopic (exact) mass is 506 g/mol. The van der Waals surface area contributed by atoms with Crippen LogP contribution in [-0.2, 0) is 23.1 Å². The van der Waals surface area contributed by atoms with Gasteiger partial charge in [-0.05, 0) is 68.1 Å². The topological polar surface area (TPSA) is 52.0 Å². The molecule has 5 rings (SSSR count). The van der Waals surface area contributed by atoms with Gasteiger partial charge >= 0.3 is 0 Å². The molecule has 4 heteroatoms. The minimum Gasteiger partial charge on any atom is -0.304 e. The van der Waals surface area contributed by atoms with Crippen molar-refractivity contribution in [3.05, 3.63) is 135 Å². The van der Waals surface area contributed by atoms with E-state index in [4.69, 9.17) is 9.78 Å². The van der Waals surface area contributed by atoms with Crippen LogP contribution in [-0.4, -0.2) is 15.8 Å². The lowest BCUT2D eigenvalue weighted by atomic mass is 9.61. The maximum atomic E-state index is 14.1. The van der Waals surface area contributed by atoms with E-state index in [9.17, 15) is 4.79 Å². The van der Waals surface area contributed by atoms with E-state index < -0.39 is 0 Å². The number of rotatable bonds is 8. The maximum absolute atomic E-state index is 14.1. The molecule has 0 radical (unpaired) electrons. The molecule has 1 saturated carbocycles. The molecular formula is C34H38N2O2. The van der Waals surface area contributed by atoms with E-state index in [1.165, 1.54) is 37.3 Å². The van der Waals surface area contributed by atoms with E-state index in [-0.39, 0.29) is 17.0 Å². The predicted octanol–water partition coefficient (Wildman–Crippen LogP) is 7.01. The van der Waals surface area contributed by atoms with Crippen molar-refractivity contribution in [2.24, 2.45) is 0 Å². The first kappa shape index (κ1) is 27.3. The number of benzene rings is 3. The van der Waals surface area contributed by atoms with Gasteiger partial charge in [0.1, 0.15) is 6.29 Å². The quantitative estimate of drug-likeness (QED) is 0.242. The number of aromatic nitrogens is 2. The van der Waals surface area contributed by atoms with E-state index in [0.717, 1.165) is 47.9 Å². The molecule has 1 heterocycles. The Labute approximate surface area is 226 Å². The fraction of sp³-hybridized carbons (Fsp3) is 0.324. The summed E-state index contributed by atoms with van der Waals surface area (Å²) >= 11 is 0. The molecular weight excluding hydrogens is 468 g/mol. The van der Waals surface area contributed by atoms with Gasteiger partial charge in [-0.3, -0.25) is 9.36 Å². The van der Waals surface area contributed by atoms with Crippen LogP contribution >= 0.6 is 0 Å². The summed E-state index contributed by atoms with van der Waals surface area (Å²) in [6.07, 6.45) is 8.69. The second-order valence-electron chi connectivity index (χ2n) is 10.2. The summed E-state index contributed by atoms with van der Waals surface area (Å²) in [6.45, 7) is 5.68. The van der Waals surface area contributed by atoms with Gasteiger partial charge in [0.25, 0.3) is 5.56 Å². The molecule has 0 unspecified atom stereocenters. The van der Waals surface area contributed by atoms with E-state index in [2.05, 4.69) is 62.4 Å². The van der Waals surface area contributed by atoms with Crippen LogP contribution < -0.4 is 5.56 Å². The summed E-state index contributed by atoms with van der Waals surface area (Å²) in [5.41, 5.74) is 6.98. The number of carbonyl (C=O) groups excluding carboxylic acids is 1. The fourth-order valence-electron chi connectivity index (χ4n) is 5.62. The standard InChI is InChI=1S/C32H34N2O.C2H4O/c1-3-29-28(19-22-32(20-10-21-32)27-17-15-24(2)16-18-27)31(35)34(23-33-29)30(25-11-6-4-7-12-25)26-13-8-5-9-14-26;1-2-3/h4-9,11-18,23,30H,3,10,19-22H2,1-2H3;2H,1H3. The average molecular weight is 507 g/mol. The zero-order valence-corrected chi connectivity index (χ0v) is 22.8. The van der Waals surface area contributed by atoms with Gasteiger partial charge < -0.3 is 4.79 Å². The zero-order chi connectivity index (χ0) is 27.0. The third kappa shape index (κ3) is 5.85. The lowest BCUT2D eigenvalue weighted by Crippen LogP contribution is -2.36. The van der Waals surface area contributed by atoms with Gasteiger partial charge in [-0.2, -0.15) is 0 Å². The molecule has 0 amide bonds. The average Bonchev–Trinajstić information content (AvgIpc) is 2.92. The molecule has 0 N–H and O–H groups in total. The summed E-state index contributed by atoms with van der Waals surface area (Å²) in [6, 6.07) is 29.4. The molecule has 1 aliphatic carbocycles. The van der Waals surface area contributed by atoms with Gasteiger partial charge in [-0.15, -0.1) is 0 Å². The van der Waals surface area contributed by atoms with Gasteiger partial charge in [-0.1, -0.05) is 104 Å². The first-order chi connectivity index (χ1) is 18.5. The minimum absolute atomic E-state index is 0.0907. The van der Waals surface area contributed by atoms with Crippen LogP contribution in [0.4, 0.5) is 0 Å². The smallest absolute Gasteiger partial charge is 0.257 e. The molecule has 1 aromatic heterocycles. The highest BCUT2D eigenvalue weighted by Gasteiger charge is 2.38. The van der Waals surface area contributed by atoms with Crippen LogP contribution in [0.5, 0.6) is 0 Å². The summed E-state index contributed by atoms with van der Waals surface area (Å²) < 4.78 is 1.85. The molecule has 0 aliphatic heterocycles. The maximum Gasteiger partial charge on any atom is 0.257 e. The molecule has 38 heavy (non-hydrogen) atoms. The minimum atomic E-state index is -0.197. The molecule has 4 aromatic rings. The SMILES string of the molecule is CC=O.CCc1ncn(C(c2ccccc2)c2ccccc2)c(=O)c1CCC1(c2ccc(C)cc2)CCC1. The number of hydrogen-bond donors (Lipinski definition) is 0. The zero-order valence-electron chi connectivity index (χ0n) is 22.8. The van der Waals surface area contributed by atoms with Crippen molar-refractivity contribution in [3.8, 4) is 0 Å². The Kier molecular flexibility index (Phi) is 9.06. The van der Waals surface area contributed by atoms with Gasteiger partial charge in [-0.25, -0.2) is 4.98 Å². The van der Waals surface area contributed by atoms with Crippen LogP contribution in [0.2, 0.25) is 0 Å². The Balaban J connectivity index is 0.00000107. The Morgan fingerprint density at radius 3 is 1.95 bits per heavy atom. The van der Waals surface area contributed by atoms with Crippen molar-refractivity contribution in [2.45, 2.75) is 70.8 Å². The number of hydrogen-bond acceptors (Lipinski definition) is 3. The third-order valence-electron chi connectivity index (χ3n) is 7.85. The summed E-state index contributed by atoms with van der Waals surface area (Å²) in [5.74, 6) is 0. The lowest BCUT2D eigenvalue weighted by molar-refractivity contribution is -0.106. The molecule has 3 aromatic carbocycles. The number of carbonyl (C=O) groups is 1.